The molecule has 9 nitrogen and oxygen atoms in total. The highest BCUT2D eigenvalue weighted by atomic mass is 16.5. The van der Waals surface area contributed by atoms with Gasteiger partial charge in [0.2, 0.25) is 5.91 Å². The molecule has 1 aliphatic heterocycles. The molecule has 2 aromatic rings. The molecule has 2 aromatic carbocycles. The van der Waals surface area contributed by atoms with Crippen molar-refractivity contribution in [3.05, 3.63) is 54.1 Å². The largest absolute Gasteiger partial charge is 0.491 e. The Morgan fingerprint density at radius 3 is 2.37 bits per heavy atom. The molecular formula is C26H34N4O5. The van der Waals surface area contributed by atoms with E-state index in [1.54, 1.807) is 54.3 Å². The van der Waals surface area contributed by atoms with E-state index in [4.69, 9.17) is 9.47 Å². The molecule has 9 heteroatoms. The van der Waals surface area contributed by atoms with Gasteiger partial charge >= 0.3 is 6.03 Å². The molecule has 0 unspecified atom stereocenters. The van der Waals surface area contributed by atoms with Gasteiger partial charge in [0.05, 0.1) is 17.7 Å². The van der Waals surface area contributed by atoms with Gasteiger partial charge in [0.1, 0.15) is 12.4 Å². The minimum absolute atomic E-state index is 0.00944. The second-order valence-corrected chi connectivity index (χ2v) is 8.92. The van der Waals surface area contributed by atoms with Crippen molar-refractivity contribution < 1.29 is 23.9 Å². The molecule has 0 saturated carbocycles. The molecule has 0 saturated heterocycles. The third-order valence-corrected chi connectivity index (χ3v) is 6.14. The smallest absolute Gasteiger partial charge is 0.323 e. The zero-order valence-corrected chi connectivity index (χ0v) is 20.9. The lowest BCUT2D eigenvalue weighted by atomic mass is 10.0. The predicted octanol–water partition coefficient (Wildman–Crippen LogP) is 3.68. The van der Waals surface area contributed by atoms with Crippen molar-refractivity contribution in [1.82, 2.24) is 9.80 Å². The van der Waals surface area contributed by atoms with E-state index in [1.165, 1.54) is 6.92 Å². The summed E-state index contributed by atoms with van der Waals surface area (Å²) in [5, 5.41) is 5.53. The molecule has 0 fully saturated rings. The molecule has 188 valence electrons. The van der Waals surface area contributed by atoms with Crippen LogP contribution in [0.15, 0.2) is 48.5 Å². The summed E-state index contributed by atoms with van der Waals surface area (Å²) in [6.45, 7) is 6.48. The van der Waals surface area contributed by atoms with Crippen molar-refractivity contribution in [3.8, 4) is 5.75 Å². The van der Waals surface area contributed by atoms with E-state index in [0.29, 0.717) is 35.8 Å². The fourth-order valence-corrected chi connectivity index (χ4v) is 4.10. The van der Waals surface area contributed by atoms with Crippen LogP contribution in [0.25, 0.3) is 0 Å². The minimum Gasteiger partial charge on any atom is -0.491 e. The summed E-state index contributed by atoms with van der Waals surface area (Å²) in [5.74, 6) is 0.0659. The Balaban J connectivity index is 1.88. The van der Waals surface area contributed by atoms with Crippen molar-refractivity contribution in [2.24, 2.45) is 5.92 Å². The highest BCUT2D eigenvalue weighted by Crippen LogP contribution is 2.27. The highest BCUT2D eigenvalue weighted by molar-refractivity contribution is 6.01. The van der Waals surface area contributed by atoms with Gasteiger partial charge in [0.15, 0.2) is 0 Å². The number of hydrogen-bond acceptors (Lipinski definition) is 5. The predicted molar refractivity (Wildman–Crippen MR) is 135 cm³/mol. The van der Waals surface area contributed by atoms with Crippen LogP contribution in [0.4, 0.5) is 16.2 Å². The van der Waals surface area contributed by atoms with Crippen LogP contribution in [-0.4, -0.2) is 73.6 Å². The second-order valence-electron chi connectivity index (χ2n) is 8.92. The normalized spacial score (nSPS) is 21.2. The summed E-state index contributed by atoms with van der Waals surface area (Å²) in [6, 6.07) is 13.4. The molecule has 4 amide bonds. The van der Waals surface area contributed by atoms with E-state index in [2.05, 4.69) is 10.6 Å². The zero-order chi connectivity index (χ0) is 25.5. The van der Waals surface area contributed by atoms with E-state index in [0.717, 1.165) is 0 Å². The maximum Gasteiger partial charge on any atom is 0.323 e. The van der Waals surface area contributed by atoms with Gasteiger partial charge in [-0.05, 0) is 31.2 Å². The van der Waals surface area contributed by atoms with Crippen LogP contribution >= 0.6 is 0 Å². The molecule has 1 aliphatic rings. The summed E-state index contributed by atoms with van der Waals surface area (Å²) in [6.07, 6.45) is -0.246. The lowest BCUT2D eigenvalue weighted by Crippen LogP contribution is -2.48. The number of rotatable bonds is 3. The van der Waals surface area contributed by atoms with Gasteiger partial charge in [0, 0.05) is 57.5 Å². The maximum atomic E-state index is 13.3. The fraction of sp³-hybridized carbons (Fsp3) is 0.423. The topological polar surface area (TPSA) is 100 Å². The van der Waals surface area contributed by atoms with Crippen LogP contribution < -0.4 is 15.4 Å². The number of fused-ring (bicyclic) bond motifs is 1. The Labute approximate surface area is 206 Å². The first-order valence-corrected chi connectivity index (χ1v) is 11.6. The van der Waals surface area contributed by atoms with E-state index in [9.17, 15) is 14.4 Å². The number of ether oxygens (including phenoxy) is 2. The Kier molecular flexibility index (Phi) is 8.70. The Bertz CT molecular complexity index is 1050. The molecule has 1 heterocycles. The molecule has 0 aliphatic carbocycles. The lowest BCUT2D eigenvalue weighted by Gasteiger charge is -2.35. The number of nitrogens with zero attached hydrogens (tertiary/aromatic N) is 2. The number of urea groups is 1. The van der Waals surface area contributed by atoms with Gasteiger partial charge in [-0.25, -0.2) is 4.79 Å². The van der Waals surface area contributed by atoms with E-state index in [1.807, 2.05) is 32.0 Å². The number of carbonyl (C=O) groups is 3. The van der Waals surface area contributed by atoms with Crippen LogP contribution in [0.2, 0.25) is 0 Å². The van der Waals surface area contributed by atoms with E-state index in [-0.39, 0.29) is 36.5 Å². The molecule has 3 atom stereocenters. The summed E-state index contributed by atoms with van der Waals surface area (Å²) in [7, 11) is 3.32. The summed E-state index contributed by atoms with van der Waals surface area (Å²) in [5.41, 5.74) is 1.50. The number of nitrogens with one attached hydrogen (secondary N) is 2. The average Bonchev–Trinajstić information content (AvgIpc) is 2.83. The second kappa shape index (κ2) is 11.7. The van der Waals surface area contributed by atoms with Crippen molar-refractivity contribution in [1.29, 1.82) is 0 Å². The van der Waals surface area contributed by atoms with Gasteiger partial charge in [-0.1, -0.05) is 25.1 Å². The van der Waals surface area contributed by atoms with Crippen LogP contribution in [-0.2, 0) is 9.53 Å². The van der Waals surface area contributed by atoms with Crippen molar-refractivity contribution >= 4 is 29.2 Å². The van der Waals surface area contributed by atoms with Gasteiger partial charge in [0.25, 0.3) is 5.91 Å². The lowest BCUT2D eigenvalue weighted by molar-refractivity contribution is -0.133. The molecule has 2 N–H and O–H groups in total. The molecule has 3 rings (SSSR count). The summed E-state index contributed by atoms with van der Waals surface area (Å²) in [4.78, 5) is 41.4. The Hall–Kier alpha value is -3.59. The van der Waals surface area contributed by atoms with Crippen LogP contribution in [0.1, 0.15) is 31.1 Å². The van der Waals surface area contributed by atoms with Gasteiger partial charge in [-0.15, -0.1) is 0 Å². The fourth-order valence-electron chi connectivity index (χ4n) is 4.10. The zero-order valence-electron chi connectivity index (χ0n) is 20.9. The third-order valence-electron chi connectivity index (χ3n) is 6.14. The van der Waals surface area contributed by atoms with Crippen molar-refractivity contribution in [3.63, 3.8) is 0 Å². The maximum absolute atomic E-state index is 13.3. The summed E-state index contributed by atoms with van der Waals surface area (Å²) < 4.78 is 11.7. The number of methoxy groups -OCH3 is 1. The van der Waals surface area contributed by atoms with Gasteiger partial charge in [-0.2, -0.15) is 0 Å². The van der Waals surface area contributed by atoms with Crippen LogP contribution in [0.3, 0.4) is 0 Å². The number of amides is 4. The van der Waals surface area contributed by atoms with E-state index < -0.39 is 6.03 Å². The van der Waals surface area contributed by atoms with Gasteiger partial charge < -0.3 is 29.9 Å². The van der Waals surface area contributed by atoms with Crippen molar-refractivity contribution in [2.75, 3.05) is 44.5 Å². The molecule has 0 radical (unpaired) electrons. The van der Waals surface area contributed by atoms with Crippen molar-refractivity contribution in [2.45, 2.75) is 32.9 Å². The number of hydrogen-bond donors (Lipinski definition) is 2. The number of carbonyl (C=O) groups excluding carboxylic acids is 3. The standard InChI is InChI=1S/C26H34N4O5/c1-17-14-30(19(3)31)18(2)16-35-23-13-21(28-26(33)27-20-9-7-6-8-10-20)11-12-22(23)25(32)29(4)15-24(17)34-5/h6-13,17-18,24H,14-16H2,1-5H3,(H2,27,28,33)/t17-,18+,24-/m0/s1. The quantitative estimate of drug-likeness (QED) is 0.695. The number of para-hydroxylation sites is 1. The van der Waals surface area contributed by atoms with E-state index >= 15 is 0 Å². The first kappa shape index (κ1) is 26.0. The van der Waals surface area contributed by atoms with Crippen LogP contribution in [0, 0.1) is 5.92 Å². The SMILES string of the molecule is CO[C@H]1CN(C)C(=O)c2ccc(NC(=O)Nc3ccccc3)cc2OC[C@@H](C)N(C(C)=O)C[C@@H]1C. The first-order chi connectivity index (χ1) is 16.7. The highest BCUT2D eigenvalue weighted by Gasteiger charge is 2.29. The average molecular weight is 483 g/mol. The number of anilines is 2. The van der Waals surface area contributed by atoms with Gasteiger partial charge in [-0.3, -0.25) is 9.59 Å². The Morgan fingerprint density at radius 1 is 1.03 bits per heavy atom. The molecule has 35 heavy (non-hydrogen) atoms. The van der Waals surface area contributed by atoms with Crippen LogP contribution in [0.5, 0.6) is 5.75 Å². The molecule has 0 spiro atoms. The molecule has 0 aromatic heterocycles. The first-order valence-electron chi connectivity index (χ1n) is 11.6. The minimum atomic E-state index is -0.416. The molecular weight excluding hydrogens is 448 g/mol. The monoisotopic (exact) mass is 482 g/mol. The number of benzene rings is 2. The summed E-state index contributed by atoms with van der Waals surface area (Å²) >= 11 is 0. The Morgan fingerprint density at radius 2 is 1.71 bits per heavy atom. The third kappa shape index (κ3) is 6.73. The number of likely N-dealkylation sites (N-methyl/N-ethyl adjacent to an activating group) is 1. The molecule has 0 bridgehead atoms.